The molecule has 2 unspecified atom stereocenters. The average molecular weight is 130 g/mol. The lowest BCUT2D eigenvalue weighted by Crippen LogP contribution is -2.13. The van der Waals surface area contributed by atoms with Crippen LogP contribution in [0.2, 0.25) is 0 Å². The lowest BCUT2D eigenvalue weighted by molar-refractivity contribution is 0.487. The molecule has 0 saturated carbocycles. The Morgan fingerprint density at radius 3 is 2.38 bits per heavy atom. The fourth-order valence-electron chi connectivity index (χ4n) is 0.830. The van der Waals surface area contributed by atoms with Gasteiger partial charge in [0.15, 0.2) is 0 Å². The molecule has 0 N–H and O–H groups in total. The fraction of sp³-hybridized carbons (Fsp3) is 1.00. The Morgan fingerprint density at radius 2 is 2.25 bits per heavy atom. The van der Waals surface area contributed by atoms with Gasteiger partial charge in [-0.3, -0.25) is 0 Å². The summed E-state index contributed by atoms with van der Waals surface area (Å²) in [5.41, 5.74) is 0. The Hall–Kier alpha value is 0.350. The molecule has 1 saturated heterocycles. The van der Waals surface area contributed by atoms with E-state index in [0.29, 0.717) is 4.75 Å². The van der Waals surface area contributed by atoms with Gasteiger partial charge in [0.1, 0.15) is 0 Å². The number of hydrogen-bond donors (Lipinski definition) is 0. The van der Waals surface area contributed by atoms with Crippen LogP contribution in [0.3, 0.4) is 0 Å². The predicted octanol–water partition coefficient (Wildman–Crippen LogP) is 2.54. The quantitative estimate of drug-likeness (QED) is 0.518. The molecule has 1 aliphatic heterocycles. The van der Waals surface area contributed by atoms with Gasteiger partial charge in [-0.25, -0.2) is 0 Å². The minimum Gasteiger partial charge on any atom is -0.153 e. The van der Waals surface area contributed by atoms with E-state index in [-0.39, 0.29) is 0 Å². The lowest BCUT2D eigenvalue weighted by atomic mass is 9.96. The minimum absolute atomic E-state index is 0.675. The first kappa shape index (κ1) is 6.47. The first-order valence-electron chi connectivity index (χ1n) is 3.33. The van der Waals surface area contributed by atoms with E-state index in [1.165, 1.54) is 12.2 Å². The third-order valence-corrected chi connectivity index (χ3v) is 3.86. The van der Waals surface area contributed by atoms with Crippen molar-refractivity contribution in [2.24, 2.45) is 5.92 Å². The number of rotatable bonds is 2. The summed E-state index contributed by atoms with van der Waals surface area (Å²) >= 11 is 2.10. The van der Waals surface area contributed by atoms with Gasteiger partial charge in [0.05, 0.1) is 0 Å². The van der Waals surface area contributed by atoms with Crippen molar-refractivity contribution in [3.63, 3.8) is 0 Å². The van der Waals surface area contributed by atoms with Gasteiger partial charge >= 0.3 is 0 Å². The van der Waals surface area contributed by atoms with E-state index in [9.17, 15) is 0 Å². The molecule has 1 fully saturated rings. The smallest absolute Gasteiger partial charge is 0.0248 e. The zero-order valence-electron chi connectivity index (χ0n) is 5.90. The van der Waals surface area contributed by atoms with Gasteiger partial charge in [-0.2, -0.15) is 11.8 Å². The molecule has 2 atom stereocenters. The first-order valence-corrected chi connectivity index (χ1v) is 4.31. The largest absolute Gasteiger partial charge is 0.153 e. The second-order valence-electron chi connectivity index (χ2n) is 2.91. The van der Waals surface area contributed by atoms with Crippen LogP contribution in [0.25, 0.3) is 0 Å². The van der Waals surface area contributed by atoms with Crippen LogP contribution in [0.4, 0.5) is 0 Å². The second kappa shape index (κ2) is 1.94. The van der Waals surface area contributed by atoms with Gasteiger partial charge in [-0.05, 0) is 12.8 Å². The number of hydrogen-bond acceptors (Lipinski definition) is 1. The number of thioether (sulfide) groups is 1. The van der Waals surface area contributed by atoms with Crippen molar-refractivity contribution in [1.82, 2.24) is 0 Å². The SMILES string of the molecule is CCC(C)C1(C)CS1. The Bertz CT molecular complexity index is 84.4. The Kier molecular flexibility index (Phi) is 1.57. The maximum absolute atomic E-state index is 2.37. The minimum atomic E-state index is 0.675. The highest BCUT2D eigenvalue weighted by molar-refractivity contribution is 8.07. The van der Waals surface area contributed by atoms with Gasteiger partial charge < -0.3 is 0 Å². The third-order valence-electron chi connectivity index (χ3n) is 2.25. The van der Waals surface area contributed by atoms with E-state index >= 15 is 0 Å². The summed E-state index contributed by atoms with van der Waals surface area (Å²) in [7, 11) is 0. The Balaban J connectivity index is 2.34. The molecule has 0 radical (unpaired) electrons. The molecule has 0 aliphatic carbocycles. The summed E-state index contributed by atoms with van der Waals surface area (Å²) in [5.74, 6) is 2.31. The molecular weight excluding hydrogens is 116 g/mol. The molecule has 1 heteroatoms. The average Bonchev–Trinajstić information content (AvgIpc) is 2.47. The van der Waals surface area contributed by atoms with Crippen LogP contribution in [0.1, 0.15) is 27.2 Å². The highest BCUT2D eigenvalue weighted by atomic mass is 32.2. The molecule has 1 heterocycles. The molecule has 0 bridgehead atoms. The van der Waals surface area contributed by atoms with E-state index in [0.717, 1.165) is 5.92 Å². The van der Waals surface area contributed by atoms with Crippen LogP contribution < -0.4 is 0 Å². The zero-order valence-corrected chi connectivity index (χ0v) is 6.72. The molecule has 0 nitrogen and oxygen atoms in total. The predicted molar refractivity (Wildman–Crippen MR) is 40.3 cm³/mol. The van der Waals surface area contributed by atoms with Crippen molar-refractivity contribution in [2.75, 3.05) is 5.75 Å². The van der Waals surface area contributed by atoms with Crippen molar-refractivity contribution in [3.05, 3.63) is 0 Å². The van der Waals surface area contributed by atoms with E-state index in [2.05, 4.69) is 32.5 Å². The summed E-state index contributed by atoms with van der Waals surface area (Å²) in [6.45, 7) is 6.99. The second-order valence-corrected chi connectivity index (χ2v) is 4.42. The maximum Gasteiger partial charge on any atom is 0.0248 e. The summed E-state index contributed by atoms with van der Waals surface area (Å²) in [4.78, 5) is 0. The molecule has 0 spiro atoms. The molecule has 0 aromatic carbocycles. The van der Waals surface area contributed by atoms with Gasteiger partial charge in [-0.15, -0.1) is 0 Å². The van der Waals surface area contributed by atoms with Gasteiger partial charge in [0, 0.05) is 10.5 Å². The van der Waals surface area contributed by atoms with Gasteiger partial charge in [0.2, 0.25) is 0 Å². The van der Waals surface area contributed by atoms with Gasteiger partial charge in [-0.1, -0.05) is 20.3 Å². The van der Waals surface area contributed by atoms with Crippen molar-refractivity contribution < 1.29 is 0 Å². The molecular formula is C7H14S. The molecule has 1 rings (SSSR count). The molecule has 0 amide bonds. The molecule has 8 heavy (non-hydrogen) atoms. The monoisotopic (exact) mass is 130 g/mol. The first-order chi connectivity index (χ1) is 3.69. The topological polar surface area (TPSA) is 0 Å². The van der Waals surface area contributed by atoms with Gasteiger partial charge in [0.25, 0.3) is 0 Å². The Morgan fingerprint density at radius 1 is 1.75 bits per heavy atom. The van der Waals surface area contributed by atoms with Crippen LogP contribution in [0.5, 0.6) is 0 Å². The highest BCUT2D eigenvalue weighted by Gasteiger charge is 2.42. The van der Waals surface area contributed by atoms with E-state index in [1.54, 1.807) is 0 Å². The molecule has 48 valence electrons. The van der Waals surface area contributed by atoms with E-state index < -0.39 is 0 Å². The van der Waals surface area contributed by atoms with Crippen LogP contribution in [0.15, 0.2) is 0 Å². The van der Waals surface area contributed by atoms with Crippen molar-refractivity contribution in [1.29, 1.82) is 0 Å². The standard InChI is InChI=1S/C7H14S/c1-4-6(2)7(3)5-8-7/h6H,4-5H2,1-3H3. The van der Waals surface area contributed by atoms with Crippen LogP contribution in [-0.4, -0.2) is 10.5 Å². The van der Waals surface area contributed by atoms with Crippen LogP contribution in [-0.2, 0) is 0 Å². The normalized spacial score (nSPS) is 39.4. The summed E-state index contributed by atoms with van der Waals surface area (Å²) < 4.78 is 0.675. The summed E-state index contributed by atoms with van der Waals surface area (Å²) in [5, 5.41) is 0. The maximum atomic E-state index is 2.37. The van der Waals surface area contributed by atoms with E-state index in [1.807, 2.05) is 0 Å². The summed E-state index contributed by atoms with van der Waals surface area (Å²) in [6, 6.07) is 0. The molecule has 0 aromatic rings. The highest BCUT2D eigenvalue weighted by Crippen LogP contribution is 2.50. The zero-order chi connectivity index (χ0) is 6.20. The lowest BCUT2D eigenvalue weighted by Gasteiger charge is -2.13. The van der Waals surface area contributed by atoms with E-state index in [4.69, 9.17) is 0 Å². The summed E-state index contributed by atoms with van der Waals surface area (Å²) in [6.07, 6.45) is 1.34. The van der Waals surface area contributed by atoms with Crippen LogP contribution in [0, 0.1) is 5.92 Å². The fourth-order valence-corrected chi connectivity index (χ4v) is 1.79. The third kappa shape index (κ3) is 1.02. The Labute approximate surface area is 56.0 Å². The van der Waals surface area contributed by atoms with Crippen LogP contribution >= 0.6 is 11.8 Å². The van der Waals surface area contributed by atoms with Crippen molar-refractivity contribution >= 4 is 11.8 Å². The molecule has 0 aromatic heterocycles. The molecule has 1 aliphatic rings. The van der Waals surface area contributed by atoms with Crippen molar-refractivity contribution in [2.45, 2.75) is 31.9 Å². The van der Waals surface area contributed by atoms with Crippen molar-refractivity contribution in [3.8, 4) is 0 Å².